The fourth-order valence-corrected chi connectivity index (χ4v) is 4.10. The Morgan fingerprint density at radius 3 is 2.61 bits per heavy atom. The molecule has 0 aliphatic rings. The summed E-state index contributed by atoms with van der Waals surface area (Å²) in [5.74, 6) is -2.40. The number of ether oxygens (including phenoxy) is 1. The second kappa shape index (κ2) is 9.76. The van der Waals surface area contributed by atoms with Crippen molar-refractivity contribution in [3.8, 4) is 11.8 Å². The minimum atomic E-state index is -0.810. The van der Waals surface area contributed by atoms with Crippen LogP contribution in [-0.4, -0.2) is 24.3 Å². The Kier molecular flexibility index (Phi) is 7.09. The molecule has 1 N–H and O–H groups in total. The molecule has 1 heterocycles. The van der Waals surface area contributed by atoms with E-state index in [1.54, 1.807) is 42.3 Å². The summed E-state index contributed by atoms with van der Waals surface area (Å²) in [7, 11) is 1.20. The van der Waals surface area contributed by atoms with E-state index in [9.17, 15) is 13.6 Å². The lowest BCUT2D eigenvalue weighted by Gasteiger charge is -2.23. The van der Waals surface area contributed by atoms with Crippen molar-refractivity contribution in [3.05, 3.63) is 69.7 Å². The molecule has 0 atom stereocenters. The fraction of sp³-hybridized carbons (Fsp3) is 0.190. The van der Waals surface area contributed by atoms with Gasteiger partial charge in [0.2, 0.25) is 0 Å². The van der Waals surface area contributed by atoms with Gasteiger partial charge in [0.1, 0.15) is 5.69 Å². The smallest absolute Gasteiger partial charge is 0.280 e. The van der Waals surface area contributed by atoms with Crippen LogP contribution in [0.2, 0.25) is 0 Å². The molecule has 10 heteroatoms. The number of aryl methyl sites for hydroxylation is 1. The molecule has 3 aromatic rings. The zero-order valence-corrected chi connectivity index (χ0v) is 18.5. The van der Waals surface area contributed by atoms with Crippen LogP contribution in [0.15, 0.2) is 36.4 Å². The van der Waals surface area contributed by atoms with Crippen molar-refractivity contribution in [3.63, 3.8) is 0 Å². The lowest BCUT2D eigenvalue weighted by atomic mass is 10.1. The number of amides is 1. The first kappa shape index (κ1) is 22.5. The van der Waals surface area contributed by atoms with Gasteiger partial charge in [-0.2, -0.15) is 5.26 Å². The summed E-state index contributed by atoms with van der Waals surface area (Å²) in [6, 6.07) is 11.2. The zero-order chi connectivity index (χ0) is 22.5. The van der Waals surface area contributed by atoms with E-state index in [4.69, 9.17) is 10.00 Å². The van der Waals surface area contributed by atoms with Crippen molar-refractivity contribution in [1.82, 2.24) is 9.71 Å². The van der Waals surface area contributed by atoms with Crippen LogP contribution >= 0.6 is 23.3 Å². The molecule has 0 radical (unpaired) electrons. The van der Waals surface area contributed by atoms with Gasteiger partial charge in [-0.05, 0) is 37.3 Å². The van der Waals surface area contributed by atoms with E-state index in [0.29, 0.717) is 21.3 Å². The van der Waals surface area contributed by atoms with Gasteiger partial charge in [-0.25, -0.2) is 13.8 Å². The average molecular weight is 461 g/mol. The zero-order valence-electron chi connectivity index (χ0n) is 16.9. The third-order valence-corrected chi connectivity index (χ3v) is 5.78. The number of nitrogens with one attached hydrogen (secondary N) is 1. The second-order valence-corrected chi connectivity index (χ2v) is 8.13. The molecule has 0 spiro atoms. The number of benzene rings is 2. The van der Waals surface area contributed by atoms with Crippen molar-refractivity contribution >= 4 is 40.0 Å². The Bertz CT molecular complexity index is 1140. The van der Waals surface area contributed by atoms with Crippen molar-refractivity contribution < 1.29 is 18.3 Å². The van der Waals surface area contributed by atoms with Crippen LogP contribution in [0.25, 0.3) is 0 Å². The molecule has 0 unspecified atom stereocenters. The van der Waals surface area contributed by atoms with E-state index < -0.39 is 17.4 Å². The first-order chi connectivity index (χ1) is 14.9. The van der Waals surface area contributed by atoms with Crippen LogP contribution < -0.4 is 14.4 Å². The molecule has 0 aliphatic carbocycles. The largest absolute Gasteiger partial charge is 0.491 e. The summed E-state index contributed by atoms with van der Waals surface area (Å²) in [5.41, 5.74) is 1.55. The van der Waals surface area contributed by atoms with Crippen LogP contribution in [0.3, 0.4) is 0 Å². The molecule has 3 rings (SSSR count). The summed E-state index contributed by atoms with van der Waals surface area (Å²) >= 11 is 2.43. The normalized spacial score (nSPS) is 10.5. The number of rotatable bonds is 7. The summed E-state index contributed by atoms with van der Waals surface area (Å²) in [5, 5.41) is 9.53. The minimum absolute atomic E-state index is 0.00487. The maximum Gasteiger partial charge on any atom is 0.280 e. The Morgan fingerprint density at radius 2 is 2.00 bits per heavy atom. The van der Waals surface area contributed by atoms with E-state index >= 15 is 0 Å². The molecule has 160 valence electrons. The lowest BCUT2D eigenvalue weighted by Crippen LogP contribution is -2.19. The van der Waals surface area contributed by atoms with E-state index in [0.717, 1.165) is 18.0 Å². The Labute approximate surface area is 186 Å². The number of hydrogen-bond donors (Lipinski definition) is 1. The molecule has 1 amide bonds. The van der Waals surface area contributed by atoms with E-state index in [1.807, 2.05) is 0 Å². The van der Waals surface area contributed by atoms with Crippen LogP contribution in [0.1, 0.15) is 26.5 Å². The number of carbonyl (C=O) groups excluding carboxylic acids is 1. The highest BCUT2D eigenvalue weighted by Gasteiger charge is 2.23. The summed E-state index contributed by atoms with van der Waals surface area (Å²) < 4.78 is 36.2. The Balaban J connectivity index is 2.07. The molecule has 0 aliphatic heterocycles. The van der Waals surface area contributed by atoms with Gasteiger partial charge in [0.15, 0.2) is 22.5 Å². The number of hydrogen-bond acceptors (Lipinski definition) is 7. The number of anilines is 2. The third kappa shape index (κ3) is 4.78. The molecule has 0 saturated heterocycles. The summed E-state index contributed by atoms with van der Waals surface area (Å²) in [6.45, 7) is 1.78. The predicted octanol–water partition coefficient (Wildman–Crippen LogP) is 4.96. The molecule has 1 aromatic heterocycles. The average Bonchev–Trinajstić information content (AvgIpc) is 3.15. The van der Waals surface area contributed by atoms with E-state index in [2.05, 4.69) is 15.8 Å². The molecule has 0 saturated carbocycles. The molecule has 0 fully saturated rings. The monoisotopic (exact) mass is 460 g/mol. The standard InChI is InChI=1S/C21H18F2N4O2S2/c1-12-18(20(28)26-30-3)25-21(31-12)27(15-7-4-13(10-24)5-8-15)11-14-6-9-16(22)19(29-2)17(14)23/h4-9H,11H2,1-3H3,(H,26,28). The van der Waals surface area contributed by atoms with Crippen molar-refractivity contribution in [1.29, 1.82) is 5.26 Å². The number of nitriles is 1. The molecule has 31 heavy (non-hydrogen) atoms. The van der Waals surface area contributed by atoms with Gasteiger partial charge in [0.25, 0.3) is 5.91 Å². The van der Waals surface area contributed by atoms with Crippen molar-refractivity contribution in [2.24, 2.45) is 0 Å². The molecular formula is C21H18F2N4O2S2. The topological polar surface area (TPSA) is 78.2 Å². The van der Waals surface area contributed by atoms with E-state index in [1.165, 1.54) is 24.5 Å². The number of nitrogens with zero attached hydrogens (tertiary/aromatic N) is 3. The number of thiazole rings is 1. The second-order valence-electron chi connectivity index (χ2n) is 6.34. The summed E-state index contributed by atoms with van der Waals surface area (Å²) in [4.78, 5) is 19.1. The van der Waals surface area contributed by atoms with Gasteiger partial charge in [0.05, 0.1) is 25.3 Å². The number of carbonyl (C=O) groups is 1. The van der Waals surface area contributed by atoms with Gasteiger partial charge < -0.3 is 9.64 Å². The Hall–Kier alpha value is -3.16. The highest BCUT2D eigenvalue weighted by atomic mass is 32.2. The van der Waals surface area contributed by atoms with Gasteiger partial charge in [-0.3, -0.25) is 9.52 Å². The predicted molar refractivity (Wildman–Crippen MR) is 118 cm³/mol. The van der Waals surface area contributed by atoms with Gasteiger partial charge in [-0.1, -0.05) is 18.0 Å². The first-order valence-electron chi connectivity index (χ1n) is 8.98. The molecule has 0 bridgehead atoms. The highest BCUT2D eigenvalue weighted by molar-refractivity contribution is 7.97. The number of halogens is 2. The molecule has 2 aromatic carbocycles. The van der Waals surface area contributed by atoms with Gasteiger partial charge in [-0.15, -0.1) is 11.3 Å². The van der Waals surface area contributed by atoms with Crippen molar-refractivity contribution in [2.45, 2.75) is 13.5 Å². The van der Waals surface area contributed by atoms with Crippen LogP contribution in [0.5, 0.6) is 5.75 Å². The fourth-order valence-electron chi connectivity index (χ4n) is 2.89. The molecular weight excluding hydrogens is 442 g/mol. The van der Waals surface area contributed by atoms with Crippen LogP contribution in [0, 0.1) is 29.9 Å². The first-order valence-corrected chi connectivity index (χ1v) is 11.0. The maximum absolute atomic E-state index is 14.8. The van der Waals surface area contributed by atoms with E-state index in [-0.39, 0.29) is 23.7 Å². The maximum atomic E-state index is 14.8. The van der Waals surface area contributed by atoms with Crippen LogP contribution in [0.4, 0.5) is 19.6 Å². The van der Waals surface area contributed by atoms with Crippen molar-refractivity contribution in [2.75, 3.05) is 18.3 Å². The highest BCUT2D eigenvalue weighted by Crippen LogP contribution is 2.35. The lowest BCUT2D eigenvalue weighted by molar-refractivity contribution is 0.0980. The van der Waals surface area contributed by atoms with Gasteiger partial charge in [0, 0.05) is 22.4 Å². The summed E-state index contributed by atoms with van der Waals surface area (Å²) in [6.07, 6.45) is 1.73. The molecule has 6 nitrogen and oxygen atoms in total. The van der Waals surface area contributed by atoms with Crippen LogP contribution in [-0.2, 0) is 6.54 Å². The SMILES string of the molecule is COc1c(F)ccc(CN(c2ccc(C#N)cc2)c2nc(C(=O)NSC)c(C)s2)c1F. The van der Waals surface area contributed by atoms with Gasteiger partial charge >= 0.3 is 0 Å². The Morgan fingerprint density at radius 1 is 1.29 bits per heavy atom. The number of aromatic nitrogens is 1. The minimum Gasteiger partial charge on any atom is -0.491 e. The third-order valence-electron chi connectivity index (χ3n) is 4.40. The number of methoxy groups -OCH3 is 1. The quantitative estimate of drug-likeness (QED) is 0.503.